The van der Waals surface area contributed by atoms with Gasteiger partial charge in [0, 0.05) is 5.02 Å². The number of hydrogen-bond acceptors (Lipinski definition) is 3. The Morgan fingerprint density at radius 3 is 2.55 bits per heavy atom. The van der Waals surface area contributed by atoms with E-state index in [1.54, 1.807) is 42.5 Å². The van der Waals surface area contributed by atoms with Gasteiger partial charge >= 0.3 is 5.97 Å². The van der Waals surface area contributed by atoms with Crippen LogP contribution < -0.4 is 4.74 Å². The molecular formula is C16H12ClNO2. The first-order valence-electron chi connectivity index (χ1n) is 6.15. The molecule has 2 aromatic carbocycles. The Morgan fingerprint density at radius 1 is 1.25 bits per heavy atom. The van der Waals surface area contributed by atoms with E-state index in [4.69, 9.17) is 21.6 Å². The summed E-state index contributed by atoms with van der Waals surface area (Å²) in [5, 5.41) is 9.37. The molecule has 0 amide bonds. The summed E-state index contributed by atoms with van der Waals surface area (Å²) in [6.07, 6.45) is 0.765. The van der Waals surface area contributed by atoms with Crippen molar-refractivity contribution >= 4 is 17.6 Å². The number of carbonyl (C=O) groups excluding carboxylic acids is 1. The molecule has 0 atom stereocenters. The van der Waals surface area contributed by atoms with E-state index in [9.17, 15) is 4.79 Å². The highest BCUT2D eigenvalue weighted by atomic mass is 35.5. The second kappa shape index (κ2) is 6.23. The Bertz CT molecular complexity index is 672. The van der Waals surface area contributed by atoms with Gasteiger partial charge in [-0.2, -0.15) is 5.26 Å². The van der Waals surface area contributed by atoms with E-state index in [1.165, 1.54) is 0 Å². The van der Waals surface area contributed by atoms with Crippen molar-refractivity contribution in [2.45, 2.75) is 13.3 Å². The standard InChI is InChI=1S/C16H12ClNO2/c1-2-12-9-14(7-8-15(12)17)20-16(19)13-5-3-11(10-18)4-6-13/h3-9H,2H2,1H3. The number of esters is 1. The maximum atomic E-state index is 12.0. The number of rotatable bonds is 3. The number of hydrogen-bond donors (Lipinski definition) is 0. The highest BCUT2D eigenvalue weighted by molar-refractivity contribution is 6.31. The van der Waals surface area contributed by atoms with Crippen molar-refractivity contribution in [3.63, 3.8) is 0 Å². The monoisotopic (exact) mass is 285 g/mol. The molecule has 0 aliphatic rings. The summed E-state index contributed by atoms with van der Waals surface area (Å²) in [5.74, 6) is -0.000486. The molecule has 0 spiro atoms. The number of halogens is 1. The van der Waals surface area contributed by atoms with E-state index >= 15 is 0 Å². The van der Waals surface area contributed by atoms with Crippen LogP contribution in [-0.2, 0) is 6.42 Å². The molecule has 20 heavy (non-hydrogen) atoms. The van der Waals surface area contributed by atoms with Gasteiger partial charge in [-0.1, -0.05) is 18.5 Å². The third-order valence-electron chi connectivity index (χ3n) is 2.86. The van der Waals surface area contributed by atoms with Crippen LogP contribution in [0.5, 0.6) is 5.75 Å². The quantitative estimate of drug-likeness (QED) is 0.633. The van der Waals surface area contributed by atoms with E-state index < -0.39 is 5.97 Å². The Balaban J connectivity index is 2.16. The van der Waals surface area contributed by atoms with Gasteiger partial charge in [0.05, 0.1) is 17.2 Å². The smallest absolute Gasteiger partial charge is 0.343 e. The normalized spacial score (nSPS) is 9.85. The van der Waals surface area contributed by atoms with Gasteiger partial charge in [0.15, 0.2) is 0 Å². The molecule has 0 aliphatic heterocycles. The molecule has 100 valence electrons. The fourth-order valence-electron chi connectivity index (χ4n) is 1.73. The van der Waals surface area contributed by atoms with Crippen LogP contribution in [0, 0.1) is 11.3 Å². The summed E-state index contributed by atoms with van der Waals surface area (Å²) in [6.45, 7) is 1.98. The van der Waals surface area contributed by atoms with Gasteiger partial charge in [0.2, 0.25) is 0 Å². The van der Waals surface area contributed by atoms with E-state index in [0.29, 0.717) is 21.9 Å². The molecule has 0 N–H and O–H groups in total. The summed E-state index contributed by atoms with van der Waals surface area (Å²) in [7, 11) is 0. The van der Waals surface area contributed by atoms with E-state index in [0.717, 1.165) is 12.0 Å². The number of ether oxygens (including phenoxy) is 1. The van der Waals surface area contributed by atoms with Crippen molar-refractivity contribution in [1.29, 1.82) is 5.26 Å². The summed E-state index contributed by atoms with van der Waals surface area (Å²) < 4.78 is 5.29. The SMILES string of the molecule is CCc1cc(OC(=O)c2ccc(C#N)cc2)ccc1Cl. The van der Waals surface area contributed by atoms with Crippen molar-refractivity contribution in [3.05, 3.63) is 64.2 Å². The third-order valence-corrected chi connectivity index (χ3v) is 3.23. The molecule has 0 heterocycles. The fourth-order valence-corrected chi connectivity index (χ4v) is 1.98. The van der Waals surface area contributed by atoms with Gasteiger partial charge in [-0.25, -0.2) is 4.79 Å². The summed E-state index contributed by atoms with van der Waals surface area (Å²) in [5.41, 5.74) is 1.83. The molecule has 0 radical (unpaired) electrons. The van der Waals surface area contributed by atoms with E-state index in [1.807, 2.05) is 13.0 Å². The van der Waals surface area contributed by atoms with Crippen LogP contribution in [0.4, 0.5) is 0 Å². The minimum atomic E-state index is -0.459. The second-order valence-electron chi connectivity index (χ2n) is 4.19. The summed E-state index contributed by atoms with van der Waals surface area (Å²) >= 11 is 6.01. The second-order valence-corrected chi connectivity index (χ2v) is 4.59. The average Bonchev–Trinajstić information content (AvgIpc) is 2.49. The zero-order chi connectivity index (χ0) is 14.5. The Morgan fingerprint density at radius 2 is 1.95 bits per heavy atom. The molecule has 0 saturated carbocycles. The molecule has 0 aromatic heterocycles. The van der Waals surface area contributed by atoms with E-state index in [2.05, 4.69) is 0 Å². The minimum absolute atomic E-state index is 0.400. The highest BCUT2D eigenvalue weighted by Crippen LogP contribution is 2.23. The first-order chi connectivity index (χ1) is 9.63. The zero-order valence-corrected chi connectivity index (χ0v) is 11.6. The molecule has 0 bridgehead atoms. The Kier molecular flexibility index (Phi) is 4.39. The maximum Gasteiger partial charge on any atom is 0.343 e. The first-order valence-corrected chi connectivity index (χ1v) is 6.52. The molecule has 4 heteroatoms. The fraction of sp³-hybridized carbons (Fsp3) is 0.125. The lowest BCUT2D eigenvalue weighted by Crippen LogP contribution is -2.08. The molecule has 0 saturated heterocycles. The van der Waals surface area contributed by atoms with Crippen LogP contribution in [-0.4, -0.2) is 5.97 Å². The largest absolute Gasteiger partial charge is 0.423 e. The van der Waals surface area contributed by atoms with Gasteiger partial charge in [-0.3, -0.25) is 0 Å². The molecule has 0 fully saturated rings. The molecule has 0 aliphatic carbocycles. The van der Waals surface area contributed by atoms with Crippen LogP contribution in [0.25, 0.3) is 0 Å². The molecule has 3 nitrogen and oxygen atoms in total. The van der Waals surface area contributed by atoms with Crippen molar-refractivity contribution < 1.29 is 9.53 Å². The lowest BCUT2D eigenvalue weighted by Gasteiger charge is -2.07. The molecular weight excluding hydrogens is 274 g/mol. The van der Waals surface area contributed by atoms with Gasteiger partial charge in [-0.05, 0) is 54.4 Å². The van der Waals surface area contributed by atoms with Gasteiger partial charge < -0.3 is 4.74 Å². The Labute approximate surface area is 122 Å². The number of nitrogens with zero attached hydrogens (tertiary/aromatic N) is 1. The van der Waals surface area contributed by atoms with Crippen molar-refractivity contribution in [1.82, 2.24) is 0 Å². The number of benzene rings is 2. The van der Waals surface area contributed by atoms with Gasteiger partial charge in [0.25, 0.3) is 0 Å². The zero-order valence-electron chi connectivity index (χ0n) is 10.9. The van der Waals surface area contributed by atoms with Crippen LogP contribution in [0.15, 0.2) is 42.5 Å². The lowest BCUT2D eigenvalue weighted by atomic mass is 10.1. The van der Waals surface area contributed by atoms with Crippen LogP contribution >= 0.6 is 11.6 Å². The Hall–Kier alpha value is -2.31. The minimum Gasteiger partial charge on any atom is -0.423 e. The van der Waals surface area contributed by atoms with E-state index in [-0.39, 0.29) is 0 Å². The van der Waals surface area contributed by atoms with Crippen molar-refractivity contribution in [3.8, 4) is 11.8 Å². The number of carbonyl (C=O) groups is 1. The number of nitriles is 1. The van der Waals surface area contributed by atoms with Crippen LogP contribution in [0.2, 0.25) is 5.02 Å². The molecule has 2 rings (SSSR count). The van der Waals surface area contributed by atoms with Crippen molar-refractivity contribution in [2.24, 2.45) is 0 Å². The highest BCUT2D eigenvalue weighted by Gasteiger charge is 2.09. The van der Waals surface area contributed by atoms with Gasteiger partial charge in [0.1, 0.15) is 5.75 Å². The summed E-state index contributed by atoms with van der Waals surface area (Å²) in [6, 6.07) is 13.4. The average molecular weight is 286 g/mol. The van der Waals surface area contributed by atoms with Crippen LogP contribution in [0.3, 0.4) is 0 Å². The number of aryl methyl sites for hydroxylation is 1. The van der Waals surface area contributed by atoms with Crippen LogP contribution in [0.1, 0.15) is 28.4 Å². The topological polar surface area (TPSA) is 50.1 Å². The predicted octanol–water partition coefficient (Wildman–Crippen LogP) is 3.99. The van der Waals surface area contributed by atoms with Crippen molar-refractivity contribution in [2.75, 3.05) is 0 Å². The molecule has 2 aromatic rings. The lowest BCUT2D eigenvalue weighted by molar-refractivity contribution is 0.0734. The third kappa shape index (κ3) is 3.17. The maximum absolute atomic E-state index is 12.0. The predicted molar refractivity (Wildman–Crippen MR) is 76.9 cm³/mol. The first kappa shape index (κ1) is 14.1. The summed E-state index contributed by atoms with van der Waals surface area (Å²) in [4.78, 5) is 12.0. The molecule has 0 unspecified atom stereocenters. The van der Waals surface area contributed by atoms with Gasteiger partial charge in [-0.15, -0.1) is 0 Å².